The second kappa shape index (κ2) is 5.90. The molecule has 0 aliphatic carbocycles. The SMILES string of the molecule is CC1CC(NS(=O)(=O)c2ccc(C(F)(F)F)nc2)CCN1. The summed E-state index contributed by atoms with van der Waals surface area (Å²) in [5.74, 6) is 0. The van der Waals surface area contributed by atoms with Gasteiger partial charge in [0.15, 0.2) is 0 Å². The van der Waals surface area contributed by atoms with Crippen molar-refractivity contribution in [3.8, 4) is 0 Å². The number of alkyl halides is 3. The Morgan fingerprint density at radius 1 is 1.38 bits per heavy atom. The number of halogens is 3. The van der Waals surface area contributed by atoms with Crippen molar-refractivity contribution in [2.24, 2.45) is 0 Å². The topological polar surface area (TPSA) is 71.1 Å². The summed E-state index contributed by atoms with van der Waals surface area (Å²) in [5.41, 5.74) is -1.11. The Hall–Kier alpha value is -1.19. The second-order valence-electron chi connectivity index (χ2n) is 5.07. The zero-order chi connectivity index (χ0) is 15.7. The molecule has 0 radical (unpaired) electrons. The van der Waals surface area contributed by atoms with Gasteiger partial charge in [0.2, 0.25) is 10.0 Å². The van der Waals surface area contributed by atoms with Gasteiger partial charge in [-0.15, -0.1) is 0 Å². The van der Waals surface area contributed by atoms with Crippen LogP contribution in [0.25, 0.3) is 0 Å². The summed E-state index contributed by atoms with van der Waals surface area (Å²) in [6, 6.07) is 1.55. The number of pyridine rings is 1. The summed E-state index contributed by atoms with van der Waals surface area (Å²) in [6.07, 6.45) is -2.58. The Balaban J connectivity index is 2.12. The van der Waals surface area contributed by atoms with Crippen molar-refractivity contribution >= 4 is 10.0 Å². The molecule has 5 nitrogen and oxygen atoms in total. The molecular formula is C12H16F3N3O2S. The van der Waals surface area contributed by atoms with Crippen LogP contribution >= 0.6 is 0 Å². The van der Waals surface area contributed by atoms with Gasteiger partial charge in [0.25, 0.3) is 0 Å². The second-order valence-corrected chi connectivity index (χ2v) is 6.79. The number of aromatic nitrogens is 1. The Bertz CT molecular complexity index is 587. The first-order valence-corrected chi connectivity index (χ1v) is 7.96. The number of hydrogen-bond donors (Lipinski definition) is 2. The van der Waals surface area contributed by atoms with Crippen LogP contribution in [0.4, 0.5) is 13.2 Å². The Morgan fingerprint density at radius 3 is 2.62 bits per heavy atom. The summed E-state index contributed by atoms with van der Waals surface area (Å²) < 4.78 is 63.9. The summed E-state index contributed by atoms with van der Waals surface area (Å²) in [7, 11) is -3.85. The molecule has 0 aromatic carbocycles. The normalized spacial score (nSPS) is 24.0. The monoisotopic (exact) mass is 323 g/mol. The molecule has 0 bridgehead atoms. The highest BCUT2D eigenvalue weighted by Gasteiger charge is 2.33. The zero-order valence-corrected chi connectivity index (χ0v) is 12.1. The van der Waals surface area contributed by atoms with E-state index < -0.39 is 21.9 Å². The summed E-state index contributed by atoms with van der Waals surface area (Å²) in [6.45, 7) is 2.64. The lowest BCUT2D eigenvalue weighted by Gasteiger charge is -2.28. The van der Waals surface area contributed by atoms with Gasteiger partial charge in [0, 0.05) is 18.3 Å². The minimum Gasteiger partial charge on any atom is -0.314 e. The minimum atomic E-state index is -4.58. The molecule has 1 aliphatic heterocycles. The van der Waals surface area contributed by atoms with Crippen molar-refractivity contribution in [1.29, 1.82) is 0 Å². The van der Waals surface area contributed by atoms with E-state index in [1.165, 1.54) is 0 Å². The summed E-state index contributed by atoms with van der Waals surface area (Å²) in [5, 5.41) is 3.19. The van der Waals surface area contributed by atoms with E-state index in [0.29, 0.717) is 25.5 Å². The lowest BCUT2D eigenvalue weighted by Crippen LogP contribution is -2.46. The number of hydrogen-bond acceptors (Lipinski definition) is 4. The Kier molecular flexibility index (Phi) is 4.54. The largest absolute Gasteiger partial charge is 0.433 e. The number of nitrogens with one attached hydrogen (secondary N) is 2. The average Bonchev–Trinajstić information content (AvgIpc) is 2.37. The molecule has 118 valence electrons. The summed E-state index contributed by atoms with van der Waals surface area (Å²) in [4.78, 5) is 2.91. The third-order valence-electron chi connectivity index (χ3n) is 3.28. The molecule has 2 heterocycles. The highest BCUT2D eigenvalue weighted by Crippen LogP contribution is 2.27. The minimum absolute atomic E-state index is 0.192. The fourth-order valence-electron chi connectivity index (χ4n) is 2.23. The first-order valence-electron chi connectivity index (χ1n) is 6.47. The molecular weight excluding hydrogens is 307 g/mol. The third-order valence-corrected chi connectivity index (χ3v) is 4.79. The van der Waals surface area contributed by atoms with Crippen molar-refractivity contribution in [3.63, 3.8) is 0 Å². The molecule has 1 saturated heterocycles. The van der Waals surface area contributed by atoms with Crippen LogP contribution < -0.4 is 10.0 Å². The molecule has 0 spiro atoms. The molecule has 1 fully saturated rings. The van der Waals surface area contributed by atoms with Crippen LogP contribution in [-0.2, 0) is 16.2 Å². The van der Waals surface area contributed by atoms with Gasteiger partial charge in [-0.2, -0.15) is 13.2 Å². The molecule has 2 unspecified atom stereocenters. The van der Waals surface area contributed by atoms with Gasteiger partial charge in [0.1, 0.15) is 10.6 Å². The summed E-state index contributed by atoms with van der Waals surface area (Å²) >= 11 is 0. The molecule has 2 rings (SSSR count). The van der Waals surface area contributed by atoms with Gasteiger partial charge in [-0.25, -0.2) is 13.1 Å². The van der Waals surface area contributed by atoms with Crippen LogP contribution in [0.1, 0.15) is 25.5 Å². The predicted octanol–water partition coefficient (Wildman–Crippen LogP) is 1.52. The molecule has 0 amide bonds. The first-order chi connectivity index (χ1) is 9.68. The predicted molar refractivity (Wildman–Crippen MR) is 70.0 cm³/mol. The fourth-order valence-corrected chi connectivity index (χ4v) is 3.46. The van der Waals surface area contributed by atoms with Crippen LogP contribution in [0.3, 0.4) is 0 Å². The highest BCUT2D eigenvalue weighted by molar-refractivity contribution is 7.89. The maximum atomic E-state index is 12.4. The van der Waals surface area contributed by atoms with E-state index >= 15 is 0 Å². The number of rotatable bonds is 3. The Morgan fingerprint density at radius 2 is 2.10 bits per heavy atom. The van der Waals surface area contributed by atoms with E-state index in [1.807, 2.05) is 6.92 Å². The molecule has 1 aromatic rings. The van der Waals surface area contributed by atoms with E-state index in [2.05, 4.69) is 15.0 Å². The van der Waals surface area contributed by atoms with E-state index in [0.717, 1.165) is 12.3 Å². The van der Waals surface area contributed by atoms with Crippen molar-refractivity contribution in [1.82, 2.24) is 15.0 Å². The number of sulfonamides is 1. The van der Waals surface area contributed by atoms with Gasteiger partial charge in [0.05, 0.1) is 0 Å². The van der Waals surface area contributed by atoms with E-state index in [4.69, 9.17) is 0 Å². The van der Waals surface area contributed by atoms with Crippen LogP contribution in [0.15, 0.2) is 23.2 Å². The smallest absolute Gasteiger partial charge is 0.314 e. The zero-order valence-electron chi connectivity index (χ0n) is 11.3. The van der Waals surface area contributed by atoms with Crippen molar-refractivity contribution in [3.05, 3.63) is 24.0 Å². The van der Waals surface area contributed by atoms with Crippen molar-refractivity contribution < 1.29 is 21.6 Å². The molecule has 0 saturated carbocycles. The molecule has 1 aromatic heterocycles. The van der Waals surface area contributed by atoms with Crippen LogP contribution in [0.5, 0.6) is 0 Å². The molecule has 1 aliphatic rings. The van der Waals surface area contributed by atoms with Crippen LogP contribution in [-0.4, -0.2) is 32.0 Å². The average molecular weight is 323 g/mol. The first kappa shape index (κ1) is 16.2. The van der Waals surface area contributed by atoms with Gasteiger partial charge >= 0.3 is 6.18 Å². The lowest BCUT2D eigenvalue weighted by molar-refractivity contribution is -0.141. The van der Waals surface area contributed by atoms with Gasteiger partial charge < -0.3 is 5.32 Å². The standard InChI is InChI=1S/C12H16F3N3O2S/c1-8-6-9(4-5-16-8)18-21(19,20)10-2-3-11(17-7-10)12(13,14)15/h2-3,7-9,16,18H,4-6H2,1H3. The van der Waals surface area contributed by atoms with Gasteiger partial charge in [-0.3, -0.25) is 4.98 Å². The van der Waals surface area contributed by atoms with Gasteiger partial charge in [-0.05, 0) is 38.4 Å². The fraction of sp³-hybridized carbons (Fsp3) is 0.583. The molecule has 9 heteroatoms. The van der Waals surface area contributed by atoms with Crippen LogP contribution in [0.2, 0.25) is 0 Å². The van der Waals surface area contributed by atoms with E-state index in [1.54, 1.807) is 0 Å². The third kappa shape index (κ3) is 4.14. The molecule has 2 N–H and O–H groups in total. The highest BCUT2D eigenvalue weighted by atomic mass is 32.2. The van der Waals surface area contributed by atoms with E-state index in [9.17, 15) is 21.6 Å². The maximum absolute atomic E-state index is 12.4. The van der Waals surface area contributed by atoms with Gasteiger partial charge in [-0.1, -0.05) is 0 Å². The number of piperidine rings is 1. The quantitative estimate of drug-likeness (QED) is 0.885. The van der Waals surface area contributed by atoms with Crippen molar-refractivity contribution in [2.75, 3.05) is 6.54 Å². The lowest BCUT2D eigenvalue weighted by atomic mass is 10.0. The van der Waals surface area contributed by atoms with E-state index in [-0.39, 0.29) is 17.0 Å². The molecule has 21 heavy (non-hydrogen) atoms. The molecule has 2 atom stereocenters. The van der Waals surface area contributed by atoms with Crippen LogP contribution in [0, 0.1) is 0 Å². The van der Waals surface area contributed by atoms with Crippen molar-refractivity contribution in [2.45, 2.75) is 42.9 Å². The maximum Gasteiger partial charge on any atom is 0.433 e. The Labute approximate surface area is 121 Å². The number of nitrogens with zero attached hydrogens (tertiary/aromatic N) is 1.